The molecule has 0 atom stereocenters. The van der Waals surface area contributed by atoms with Crippen LogP contribution in [-0.2, 0) is 0 Å². The van der Waals surface area contributed by atoms with E-state index in [1.54, 1.807) is 56.7 Å². The third kappa shape index (κ3) is 3.32. The maximum absolute atomic E-state index is 11.1. The Morgan fingerprint density at radius 1 is 0.885 bits per heavy atom. The number of ether oxygens (including phenoxy) is 4. The predicted molar refractivity (Wildman–Crippen MR) is 95.5 cm³/mol. The van der Waals surface area contributed by atoms with Crippen molar-refractivity contribution >= 4 is 17.1 Å². The van der Waals surface area contributed by atoms with Gasteiger partial charge < -0.3 is 24.1 Å². The van der Waals surface area contributed by atoms with Crippen molar-refractivity contribution in [2.24, 2.45) is 0 Å². The first-order valence-electron chi connectivity index (χ1n) is 7.67. The molecule has 0 aliphatic carbocycles. The van der Waals surface area contributed by atoms with E-state index in [9.17, 15) is 4.79 Å². The van der Waals surface area contributed by atoms with Crippen LogP contribution in [0.4, 0.5) is 4.79 Å². The smallest absolute Gasteiger partial charge is 0.497 e. The fraction of sp³-hybridized carbons (Fsp3) is 0.158. The summed E-state index contributed by atoms with van der Waals surface area (Å²) < 4.78 is 20.8. The Morgan fingerprint density at radius 3 is 2.23 bits per heavy atom. The maximum Gasteiger partial charge on any atom is 0.511 e. The number of nitrogens with zero attached hydrogens (tertiary/aromatic N) is 1. The molecular formula is C19H17NO6. The Bertz CT molecular complexity index is 970. The number of carbonyl (C=O) groups is 1. The summed E-state index contributed by atoms with van der Waals surface area (Å²) in [5.41, 5.74) is 1.71. The lowest BCUT2D eigenvalue weighted by atomic mass is 10.1. The minimum absolute atomic E-state index is 0.179. The SMILES string of the molecule is COc1ccc(-c2cc(OC(=O)O)c3ccc(OC)cc3n2)c(OC)c1. The summed E-state index contributed by atoms with van der Waals surface area (Å²) in [6.45, 7) is 0. The van der Waals surface area contributed by atoms with Gasteiger partial charge in [-0.05, 0) is 24.3 Å². The molecule has 0 spiro atoms. The Kier molecular flexibility index (Phi) is 4.79. The monoisotopic (exact) mass is 355 g/mol. The van der Waals surface area contributed by atoms with E-state index in [1.165, 1.54) is 7.11 Å². The van der Waals surface area contributed by atoms with E-state index in [2.05, 4.69) is 4.98 Å². The molecule has 0 unspecified atom stereocenters. The van der Waals surface area contributed by atoms with E-state index < -0.39 is 6.16 Å². The summed E-state index contributed by atoms with van der Waals surface area (Å²) in [7, 11) is 4.65. The second-order valence-corrected chi connectivity index (χ2v) is 5.32. The Balaban J connectivity index is 2.24. The molecule has 1 heterocycles. The summed E-state index contributed by atoms with van der Waals surface area (Å²) >= 11 is 0. The van der Waals surface area contributed by atoms with Crippen molar-refractivity contribution in [2.75, 3.05) is 21.3 Å². The van der Waals surface area contributed by atoms with Gasteiger partial charge in [0.2, 0.25) is 0 Å². The summed E-state index contributed by atoms with van der Waals surface area (Å²) in [6, 6.07) is 12.0. The van der Waals surface area contributed by atoms with Crippen molar-refractivity contribution in [3.63, 3.8) is 0 Å². The largest absolute Gasteiger partial charge is 0.511 e. The fourth-order valence-corrected chi connectivity index (χ4v) is 2.63. The number of benzene rings is 2. The third-order valence-electron chi connectivity index (χ3n) is 3.86. The van der Waals surface area contributed by atoms with Gasteiger partial charge in [0.1, 0.15) is 23.0 Å². The van der Waals surface area contributed by atoms with Crippen LogP contribution >= 0.6 is 0 Å². The molecule has 0 saturated heterocycles. The highest BCUT2D eigenvalue weighted by Gasteiger charge is 2.15. The van der Waals surface area contributed by atoms with E-state index in [1.807, 2.05) is 0 Å². The topological polar surface area (TPSA) is 87.1 Å². The molecule has 0 bridgehead atoms. The first-order valence-corrected chi connectivity index (χ1v) is 7.67. The zero-order chi connectivity index (χ0) is 18.7. The van der Waals surface area contributed by atoms with Crippen molar-refractivity contribution in [1.82, 2.24) is 4.98 Å². The third-order valence-corrected chi connectivity index (χ3v) is 3.86. The minimum atomic E-state index is -1.40. The zero-order valence-corrected chi connectivity index (χ0v) is 14.5. The highest BCUT2D eigenvalue weighted by molar-refractivity contribution is 5.91. The van der Waals surface area contributed by atoms with Crippen molar-refractivity contribution in [3.8, 4) is 34.3 Å². The lowest BCUT2D eigenvalue weighted by molar-refractivity contribution is 0.145. The van der Waals surface area contributed by atoms with Gasteiger partial charge in [-0.2, -0.15) is 0 Å². The van der Waals surface area contributed by atoms with Crippen LogP contribution in [0.3, 0.4) is 0 Å². The van der Waals surface area contributed by atoms with Gasteiger partial charge in [-0.25, -0.2) is 9.78 Å². The van der Waals surface area contributed by atoms with Crippen LogP contribution in [-0.4, -0.2) is 37.6 Å². The molecule has 0 aliphatic rings. The van der Waals surface area contributed by atoms with Crippen LogP contribution in [0.2, 0.25) is 0 Å². The molecule has 1 N–H and O–H groups in total. The predicted octanol–water partition coefficient (Wildman–Crippen LogP) is 3.98. The standard InChI is InChI=1S/C19H17NO6/c1-23-11-4-7-14-15(8-11)20-16(10-18(14)26-19(21)22)13-6-5-12(24-2)9-17(13)25-3/h4-10H,1-3H3,(H,21,22). The molecule has 7 heteroatoms. The van der Waals surface area contributed by atoms with Gasteiger partial charge in [-0.1, -0.05) is 0 Å². The average Bonchev–Trinajstić information content (AvgIpc) is 2.66. The van der Waals surface area contributed by atoms with Crippen molar-refractivity contribution in [1.29, 1.82) is 0 Å². The van der Waals surface area contributed by atoms with Gasteiger partial charge in [0.05, 0.1) is 32.5 Å². The lowest BCUT2D eigenvalue weighted by Gasteiger charge is -2.13. The number of hydrogen-bond acceptors (Lipinski definition) is 6. The lowest BCUT2D eigenvalue weighted by Crippen LogP contribution is -2.04. The van der Waals surface area contributed by atoms with E-state index >= 15 is 0 Å². The number of hydrogen-bond donors (Lipinski definition) is 1. The highest BCUT2D eigenvalue weighted by Crippen LogP contribution is 2.37. The summed E-state index contributed by atoms with van der Waals surface area (Å²) in [4.78, 5) is 15.7. The molecule has 26 heavy (non-hydrogen) atoms. The molecule has 0 saturated carbocycles. The van der Waals surface area contributed by atoms with Crippen LogP contribution in [0.1, 0.15) is 0 Å². The van der Waals surface area contributed by atoms with Crippen LogP contribution < -0.4 is 18.9 Å². The average molecular weight is 355 g/mol. The Hall–Kier alpha value is -3.48. The van der Waals surface area contributed by atoms with E-state index in [0.29, 0.717) is 39.4 Å². The van der Waals surface area contributed by atoms with Gasteiger partial charge in [-0.15, -0.1) is 0 Å². The van der Waals surface area contributed by atoms with Gasteiger partial charge in [0.15, 0.2) is 0 Å². The zero-order valence-electron chi connectivity index (χ0n) is 14.5. The van der Waals surface area contributed by atoms with Crippen molar-refractivity contribution in [2.45, 2.75) is 0 Å². The van der Waals surface area contributed by atoms with Crippen LogP contribution in [0.5, 0.6) is 23.0 Å². The second-order valence-electron chi connectivity index (χ2n) is 5.32. The van der Waals surface area contributed by atoms with Crippen LogP contribution in [0.25, 0.3) is 22.2 Å². The quantitative estimate of drug-likeness (QED) is 0.693. The summed E-state index contributed by atoms with van der Waals surface area (Å²) in [5.74, 6) is 1.96. The molecule has 3 aromatic rings. The number of rotatable bonds is 5. The van der Waals surface area contributed by atoms with E-state index in [4.69, 9.17) is 24.1 Å². The van der Waals surface area contributed by atoms with Crippen LogP contribution in [0.15, 0.2) is 42.5 Å². The molecule has 0 amide bonds. The van der Waals surface area contributed by atoms with Crippen molar-refractivity contribution < 1.29 is 28.8 Å². The molecule has 1 aromatic heterocycles. The van der Waals surface area contributed by atoms with Crippen molar-refractivity contribution in [3.05, 3.63) is 42.5 Å². The van der Waals surface area contributed by atoms with Gasteiger partial charge in [-0.3, -0.25) is 0 Å². The normalized spacial score (nSPS) is 10.4. The minimum Gasteiger partial charge on any atom is -0.497 e. The molecule has 0 fully saturated rings. The van der Waals surface area contributed by atoms with Gasteiger partial charge >= 0.3 is 6.16 Å². The molecular weight excluding hydrogens is 338 g/mol. The Morgan fingerprint density at radius 2 is 1.58 bits per heavy atom. The molecule has 0 aliphatic heterocycles. The molecule has 2 aromatic carbocycles. The summed E-state index contributed by atoms with van der Waals surface area (Å²) in [5, 5.41) is 9.61. The molecule has 7 nitrogen and oxygen atoms in total. The van der Waals surface area contributed by atoms with Gasteiger partial charge in [0, 0.05) is 29.1 Å². The highest BCUT2D eigenvalue weighted by atomic mass is 16.7. The number of fused-ring (bicyclic) bond motifs is 1. The summed E-state index contributed by atoms with van der Waals surface area (Å²) in [6.07, 6.45) is -1.40. The van der Waals surface area contributed by atoms with Crippen LogP contribution in [0, 0.1) is 0 Å². The molecule has 3 rings (SSSR count). The van der Waals surface area contributed by atoms with E-state index in [0.717, 1.165) is 0 Å². The first kappa shape index (κ1) is 17.3. The maximum atomic E-state index is 11.1. The molecule has 0 radical (unpaired) electrons. The fourth-order valence-electron chi connectivity index (χ4n) is 2.63. The van der Waals surface area contributed by atoms with Gasteiger partial charge in [0.25, 0.3) is 0 Å². The number of pyridine rings is 1. The first-order chi connectivity index (χ1) is 12.5. The Labute approximate surface area is 149 Å². The number of methoxy groups -OCH3 is 3. The number of aromatic nitrogens is 1. The van der Waals surface area contributed by atoms with E-state index in [-0.39, 0.29) is 5.75 Å². The number of carboxylic acid groups (broad SMARTS) is 1. The second kappa shape index (κ2) is 7.18. The molecule has 134 valence electrons.